The van der Waals surface area contributed by atoms with E-state index in [4.69, 9.17) is 23.2 Å². The molecule has 21 heavy (non-hydrogen) atoms. The molecule has 2 heterocycles. The van der Waals surface area contributed by atoms with Crippen molar-refractivity contribution < 1.29 is 0 Å². The van der Waals surface area contributed by atoms with Gasteiger partial charge in [-0.05, 0) is 31.2 Å². The third-order valence-corrected chi connectivity index (χ3v) is 4.50. The van der Waals surface area contributed by atoms with E-state index in [-0.39, 0.29) is 6.04 Å². The van der Waals surface area contributed by atoms with Crippen LogP contribution < -0.4 is 10.6 Å². The highest BCUT2D eigenvalue weighted by molar-refractivity contribution is 7.98. The molecule has 0 amide bonds. The molecule has 2 N–H and O–H groups in total. The zero-order valence-corrected chi connectivity index (χ0v) is 13.4. The Bertz CT molecular complexity index is 691. The van der Waals surface area contributed by atoms with Crippen molar-refractivity contribution in [3.63, 3.8) is 0 Å². The third-order valence-electron chi connectivity index (χ3n) is 2.97. The molecule has 1 aliphatic rings. The van der Waals surface area contributed by atoms with Crippen LogP contribution in [0.3, 0.4) is 0 Å². The van der Waals surface area contributed by atoms with Crippen molar-refractivity contribution in [3.05, 3.63) is 52.3 Å². The predicted octanol–water partition coefficient (Wildman–Crippen LogP) is 4.53. The van der Waals surface area contributed by atoms with Crippen LogP contribution in [0.4, 0.5) is 5.69 Å². The lowest BCUT2D eigenvalue weighted by Gasteiger charge is -2.22. The molecule has 1 atom stereocenters. The molecular formula is C14H12Cl2N4S. The average molecular weight is 339 g/mol. The molecule has 1 aliphatic heterocycles. The molecule has 7 heteroatoms. The lowest BCUT2D eigenvalue weighted by atomic mass is 10.2. The zero-order chi connectivity index (χ0) is 14.8. The number of anilines is 1. The summed E-state index contributed by atoms with van der Waals surface area (Å²) in [7, 11) is 0. The minimum absolute atomic E-state index is 0.0363. The van der Waals surface area contributed by atoms with Gasteiger partial charge in [0, 0.05) is 23.2 Å². The van der Waals surface area contributed by atoms with Gasteiger partial charge in [0.25, 0.3) is 0 Å². The Morgan fingerprint density at radius 2 is 2.14 bits per heavy atom. The Balaban J connectivity index is 1.76. The molecule has 108 valence electrons. The molecule has 1 aromatic carbocycles. The SMILES string of the molecule is CC(NC1=NSc2c(Cl)cc(Cl)cc2N1)c1ccccn1. The largest absolute Gasteiger partial charge is 0.347 e. The first-order valence-corrected chi connectivity index (χ1v) is 7.85. The molecule has 1 aromatic heterocycles. The molecule has 0 saturated heterocycles. The zero-order valence-electron chi connectivity index (χ0n) is 11.1. The van der Waals surface area contributed by atoms with E-state index in [1.807, 2.05) is 31.2 Å². The second kappa shape index (κ2) is 6.13. The minimum Gasteiger partial charge on any atom is -0.347 e. The van der Waals surface area contributed by atoms with Crippen LogP contribution in [-0.4, -0.2) is 10.9 Å². The second-order valence-corrected chi connectivity index (χ2v) is 6.16. The van der Waals surface area contributed by atoms with E-state index in [9.17, 15) is 0 Å². The molecule has 4 nitrogen and oxygen atoms in total. The number of pyridine rings is 1. The van der Waals surface area contributed by atoms with Crippen LogP contribution in [0.25, 0.3) is 0 Å². The van der Waals surface area contributed by atoms with E-state index in [1.54, 1.807) is 12.3 Å². The molecule has 0 fully saturated rings. The first-order valence-electron chi connectivity index (χ1n) is 6.32. The summed E-state index contributed by atoms with van der Waals surface area (Å²) in [6.07, 6.45) is 1.77. The second-order valence-electron chi connectivity index (χ2n) is 4.54. The molecule has 0 saturated carbocycles. The maximum absolute atomic E-state index is 6.15. The van der Waals surface area contributed by atoms with Crippen LogP contribution in [0.2, 0.25) is 10.0 Å². The molecule has 0 radical (unpaired) electrons. The number of hydrogen-bond acceptors (Lipinski definition) is 5. The van der Waals surface area contributed by atoms with E-state index in [2.05, 4.69) is 20.0 Å². The molecule has 0 spiro atoms. The van der Waals surface area contributed by atoms with Gasteiger partial charge in [-0.25, -0.2) is 0 Å². The number of fused-ring (bicyclic) bond motifs is 1. The van der Waals surface area contributed by atoms with Gasteiger partial charge >= 0.3 is 0 Å². The van der Waals surface area contributed by atoms with E-state index >= 15 is 0 Å². The summed E-state index contributed by atoms with van der Waals surface area (Å²) in [5.41, 5.74) is 1.80. The number of nitrogens with zero attached hydrogens (tertiary/aromatic N) is 2. The third kappa shape index (κ3) is 3.26. The number of halogens is 2. The van der Waals surface area contributed by atoms with Gasteiger partial charge in [-0.3, -0.25) is 4.98 Å². The highest BCUT2D eigenvalue weighted by Gasteiger charge is 2.18. The summed E-state index contributed by atoms with van der Waals surface area (Å²) < 4.78 is 4.38. The van der Waals surface area contributed by atoms with Crippen LogP contribution in [0.15, 0.2) is 45.8 Å². The van der Waals surface area contributed by atoms with Crippen molar-refractivity contribution in [2.45, 2.75) is 17.9 Å². The van der Waals surface area contributed by atoms with Crippen LogP contribution in [0, 0.1) is 0 Å². The molecule has 2 aromatic rings. The minimum atomic E-state index is 0.0363. The van der Waals surface area contributed by atoms with Gasteiger partial charge in [0.05, 0.1) is 27.3 Å². The normalized spacial score (nSPS) is 14.7. The number of aromatic nitrogens is 1. The Hall–Kier alpha value is -1.43. The fourth-order valence-corrected chi connectivity index (χ4v) is 3.19. The van der Waals surface area contributed by atoms with Gasteiger partial charge in [-0.2, -0.15) is 4.40 Å². The van der Waals surface area contributed by atoms with Gasteiger partial charge in [-0.1, -0.05) is 29.3 Å². The van der Waals surface area contributed by atoms with Crippen LogP contribution >= 0.6 is 35.1 Å². The average Bonchev–Trinajstić information content (AvgIpc) is 2.47. The smallest absolute Gasteiger partial charge is 0.208 e. The van der Waals surface area contributed by atoms with E-state index in [0.717, 1.165) is 16.3 Å². The van der Waals surface area contributed by atoms with E-state index < -0.39 is 0 Å². The number of hydrogen-bond donors (Lipinski definition) is 2. The number of rotatable bonds is 2. The van der Waals surface area contributed by atoms with Crippen LogP contribution in [-0.2, 0) is 0 Å². The maximum atomic E-state index is 6.15. The fraction of sp³-hybridized carbons (Fsp3) is 0.143. The van der Waals surface area contributed by atoms with Crippen LogP contribution in [0.5, 0.6) is 0 Å². The summed E-state index contributed by atoms with van der Waals surface area (Å²) in [6, 6.07) is 9.39. The Morgan fingerprint density at radius 1 is 1.29 bits per heavy atom. The van der Waals surface area contributed by atoms with Gasteiger partial charge in [0.1, 0.15) is 0 Å². The Labute approximate surface area is 137 Å². The summed E-state index contributed by atoms with van der Waals surface area (Å²) in [5, 5.41) is 7.67. The molecule has 1 unspecified atom stereocenters. The summed E-state index contributed by atoms with van der Waals surface area (Å²) >= 11 is 13.5. The number of benzene rings is 1. The first kappa shape index (κ1) is 14.5. The van der Waals surface area contributed by atoms with Crippen molar-refractivity contribution in [3.8, 4) is 0 Å². The van der Waals surface area contributed by atoms with Crippen molar-refractivity contribution >= 4 is 46.8 Å². The highest BCUT2D eigenvalue weighted by Crippen LogP contribution is 2.39. The predicted molar refractivity (Wildman–Crippen MR) is 89.2 cm³/mol. The lowest BCUT2D eigenvalue weighted by molar-refractivity contribution is 0.691. The Kier molecular flexibility index (Phi) is 4.24. The standard InChI is InChI=1S/C14H12Cl2N4S/c1-8(11-4-2-3-5-17-11)18-14-19-12-7-9(15)6-10(16)13(12)21-20-14/h2-8H,1H3,(H2,18,19,20). The topological polar surface area (TPSA) is 49.3 Å². The highest BCUT2D eigenvalue weighted by atomic mass is 35.5. The summed E-state index contributed by atoms with van der Waals surface area (Å²) in [6.45, 7) is 2.03. The maximum Gasteiger partial charge on any atom is 0.208 e. The monoisotopic (exact) mass is 338 g/mol. The van der Waals surface area contributed by atoms with Crippen LogP contribution in [0.1, 0.15) is 18.7 Å². The molecular weight excluding hydrogens is 327 g/mol. The van der Waals surface area contributed by atoms with Crippen molar-refractivity contribution in [2.24, 2.45) is 4.40 Å². The molecule has 0 aliphatic carbocycles. The lowest BCUT2D eigenvalue weighted by Crippen LogP contribution is -2.34. The molecule has 0 bridgehead atoms. The van der Waals surface area contributed by atoms with Gasteiger partial charge in [0.15, 0.2) is 0 Å². The fourth-order valence-electron chi connectivity index (χ4n) is 1.96. The van der Waals surface area contributed by atoms with Gasteiger partial charge in [0.2, 0.25) is 5.96 Å². The summed E-state index contributed by atoms with van der Waals surface area (Å²) in [5.74, 6) is 0.656. The first-order chi connectivity index (χ1) is 10.1. The number of nitrogens with one attached hydrogen (secondary N) is 2. The van der Waals surface area contributed by atoms with Gasteiger partial charge in [-0.15, -0.1) is 0 Å². The van der Waals surface area contributed by atoms with E-state index in [1.165, 1.54) is 11.9 Å². The van der Waals surface area contributed by atoms with Crippen molar-refractivity contribution in [2.75, 3.05) is 5.32 Å². The molecule has 3 rings (SSSR count). The van der Waals surface area contributed by atoms with Gasteiger partial charge < -0.3 is 10.6 Å². The van der Waals surface area contributed by atoms with Crippen molar-refractivity contribution in [1.82, 2.24) is 10.3 Å². The quantitative estimate of drug-likeness (QED) is 0.790. The van der Waals surface area contributed by atoms with E-state index in [0.29, 0.717) is 16.0 Å². The Morgan fingerprint density at radius 3 is 2.90 bits per heavy atom. The number of guanidine groups is 1. The van der Waals surface area contributed by atoms with Crippen molar-refractivity contribution in [1.29, 1.82) is 0 Å². The summed E-state index contributed by atoms with van der Waals surface area (Å²) in [4.78, 5) is 5.19.